The quantitative estimate of drug-likeness (QED) is 0.805. The Labute approximate surface area is 141 Å². The number of carboxylic acids is 1. The van der Waals surface area contributed by atoms with Crippen LogP contribution in [0.4, 0.5) is 0 Å². The fourth-order valence-corrected chi connectivity index (χ4v) is 2.79. The van der Waals surface area contributed by atoms with E-state index in [1.807, 2.05) is 25.7 Å². The van der Waals surface area contributed by atoms with Crippen LogP contribution >= 0.6 is 0 Å². The predicted octanol–water partition coefficient (Wildman–Crippen LogP) is 0.467. The predicted molar refractivity (Wildman–Crippen MR) is 86.7 cm³/mol. The van der Waals surface area contributed by atoms with Crippen LogP contribution in [0.1, 0.15) is 36.8 Å². The molecule has 0 aromatic carbocycles. The number of amides is 1. The Bertz CT molecular complexity index is 620. The summed E-state index contributed by atoms with van der Waals surface area (Å²) in [6.45, 7) is 8.47. The zero-order valence-electron chi connectivity index (χ0n) is 14.4. The third-order valence-electron chi connectivity index (χ3n) is 3.98. The van der Waals surface area contributed by atoms with Crippen molar-refractivity contribution in [3.05, 3.63) is 23.8 Å². The molecule has 1 aromatic rings. The highest BCUT2D eigenvalue weighted by Gasteiger charge is 2.38. The SMILES string of the molecule is Cc1ncncc1C(=O)NC(C)CN1CC(C)(C)OCC1C(=O)O. The van der Waals surface area contributed by atoms with E-state index in [4.69, 9.17) is 4.74 Å². The van der Waals surface area contributed by atoms with Crippen molar-refractivity contribution in [1.82, 2.24) is 20.2 Å². The van der Waals surface area contributed by atoms with Crippen molar-refractivity contribution in [2.75, 3.05) is 19.7 Å². The van der Waals surface area contributed by atoms with Gasteiger partial charge in [-0.05, 0) is 27.7 Å². The summed E-state index contributed by atoms with van der Waals surface area (Å²) in [7, 11) is 0. The first-order valence-corrected chi connectivity index (χ1v) is 7.88. The molecule has 2 rings (SSSR count). The number of aliphatic carboxylic acids is 1. The van der Waals surface area contributed by atoms with Crippen LogP contribution in [0.25, 0.3) is 0 Å². The maximum Gasteiger partial charge on any atom is 0.323 e. The summed E-state index contributed by atoms with van der Waals surface area (Å²) in [4.78, 5) is 33.4. The molecule has 0 radical (unpaired) electrons. The fraction of sp³-hybridized carbons (Fsp3) is 0.625. The van der Waals surface area contributed by atoms with Crippen molar-refractivity contribution in [1.29, 1.82) is 0 Å². The summed E-state index contributed by atoms with van der Waals surface area (Å²) in [6.07, 6.45) is 2.87. The molecular weight excluding hydrogens is 312 g/mol. The van der Waals surface area contributed by atoms with Gasteiger partial charge in [-0.1, -0.05) is 0 Å². The van der Waals surface area contributed by atoms with Crippen LogP contribution in [-0.2, 0) is 9.53 Å². The van der Waals surface area contributed by atoms with Gasteiger partial charge in [-0.3, -0.25) is 14.5 Å². The maximum atomic E-state index is 12.3. The third-order valence-corrected chi connectivity index (χ3v) is 3.98. The maximum absolute atomic E-state index is 12.3. The van der Waals surface area contributed by atoms with Crippen molar-refractivity contribution in [2.24, 2.45) is 0 Å². The highest BCUT2D eigenvalue weighted by Crippen LogP contribution is 2.21. The van der Waals surface area contributed by atoms with Gasteiger partial charge in [0.05, 0.1) is 23.5 Å². The standard InChI is InChI=1S/C16H24N4O4/c1-10(19-14(21)12-5-17-9-18-11(12)2)6-20-8-16(3,4)24-7-13(20)15(22)23/h5,9-10,13H,6-8H2,1-4H3,(H,19,21)(H,22,23). The van der Waals surface area contributed by atoms with Crippen LogP contribution < -0.4 is 5.32 Å². The van der Waals surface area contributed by atoms with Gasteiger partial charge in [-0.25, -0.2) is 9.97 Å². The van der Waals surface area contributed by atoms with Crippen molar-refractivity contribution in [3.63, 3.8) is 0 Å². The average Bonchev–Trinajstić information content (AvgIpc) is 2.46. The molecule has 0 saturated carbocycles. The van der Waals surface area contributed by atoms with Crippen molar-refractivity contribution < 1.29 is 19.4 Å². The average molecular weight is 336 g/mol. The lowest BCUT2D eigenvalue weighted by molar-refractivity contribution is -0.162. The number of hydrogen-bond donors (Lipinski definition) is 2. The topological polar surface area (TPSA) is 105 Å². The zero-order valence-corrected chi connectivity index (χ0v) is 14.4. The summed E-state index contributed by atoms with van der Waals surface area (Å²) < 4.78 is 5.59. The number of aryl methyl sites for hydroxylation is 1. The molecule has 1 fully saturated rings. The van der Waals surface area contributed by atoms with E-state index in [1.165, 1.54) is 12.5 Å². The number of carbonyl (C=O) groups is 2. The highest BCUT2D eigenvalue weighted by molar-refractivity contribution is 5.95. The summed E-state index contributed by atoms with van der Waals surface area (Å²) in [5, 5.41) is 12.2. The molecule has 1 amide bonds. The van der Waals surface area contributed by atoms with E-state index in [2.05, 4.69) is 15.3 Å². The molecule has 1 aliphatic rings. The largest absolute Gasteiger partial charge is 0.480 e. The Hall–Kier alpha value is -2.06. The van der Waals surface area contributed by atoms with Gasteiger partial charge in [0.25, 0.3) is 5.91 Å². The van der Waals surface area contributed by atoms with Gasteiger partial charge in [0.15, 0.2) is 0 Å². The first-order chi connectivity index (χ1) is 11.2. The number of carbonyl (C=O) groups excluding carboxylic acids is 1. The number of aromatic nitrogens is 2. The van der Waals surface area contributed by atoms with E-state index >= 15 is 0 Å². The first kappa shape index (κ1) is 18.3. The molecule has 0 aliphatic carbocycles. The summed E-state index contributed by atoms with van der Waals surface area (Å²) in [5.74, 6) is -1.18. The second-order valence-electron chi connectivity index (χ2n) is 6.75. The molecule has 132 valence electrons. The van der Waals surface area contributed by atoms with E-state index in [1.54, 1.807) is 6.92 Å². The molecule has 2 heterocycles. The van der Waals surface area contributed by atoms with E-state index in [0.717, 1.165) is 0 Å². The minimum atomic E-state index is -0.920. The highest BCUT2D eigenvalue weighted by atomic mass is 16.5. The molecular formula is C16H24N4O4. The van der Waals surface area contributed by atoms with Crippen LogP contribution in [0.5, 0.6) is 0 Å². The fourth-order valence-electron chi connectivity index (χ4n) is 2.79. The minimum Gasteiger partial charge on any atom is -0.480 e. The lowest BCUT2D eigenvalue weighted by Crippen LogP contribution is -2.59. The van der Waals surface area contributed by atoms with Crippen molar-refractivity contribution in [3.8, 4) is 0 Å². The van der Waals surface area contributed by atoms with Gasteiger partial charge in [-0.2, -0.15) is 0 Å². The lowest BCUT2D eigenvalue weighted by Gasteiger charge is -2.42. The normalized spacial score (nSPS) is 21.9. The molecule has 0 spiro atoms. The molecule has 8 nitrogen and oxygen atoms in total. The smallest absolute Gasteiger partial charge is 0.323 e. The van der Waals surface area contributed by atoms with Gasteiger partial charge in [0.1, 0.15) is 12.4 Å². The van der Waals surface area contributed by atoms with Gasteiger partial charge >= 0.3 is 5.97 Å². The Balaban J connectivity index is 2.01. The van der Waals surface area contributed by atoms with Crippen LogP contribution in [0, 0.1) is 6.92 Å². The Morgan fingerprint density at radius 3 is 2.88 bits per heavy atom. The van der Waals surface area contributed by atoms with E-state index in [9.17, 15) is 14.7 Å². The zero-order chi connectivity index (χ0) is 17.9. The van der Waals surface area contributed by atoms with Crippen LogP contribution in [0.3, 0.4) is 0 Å². The minimum absolute atomic E-state index is 0.134. The summed E-state index contributed by atoms with van der Waals surface area (Å²) in [5.41, 5.74) is 0.603. The van der Waals surface area contributed by atoms with Gasteiger partial charge < -0.3 is 15.2 Å². The van der Waals surface area contributed by atoms with Crippen LogP contribution in [0.2, 0.25) is 0 Å². The Morgan fingerprint density at radius 1 is 1.54 bits per heavy atom. The van der Waals surface area contributed by atoms with Crippen molar-refractivity contribution >= 4 is 11.9 Å². The number of hydrogen-bond acceptors (Lipinski definition) is 6. The summed E-state index contributed by atoms with van der Waals surface area (Å²) >= 11 is 0. The van der Waals surface area contributed by atoms with Crippen LogP contribution in [-0.4, -0.2) is 69.2 Å². The molecule has 8 heteroatoms. The molecule has 2 N–H and O–H groups in total. The third kappa shape index (κ3) is 4.48. The Morgan fingerprint density at radius 2 is 2.25 bits per heavy atom. The second-order valence-corrected chi connectivity index (χ2v) is 6.75. The van der Waals surface area contributed by atoms with E-state index < -0.39 is 17.6 Å². The lowest BCUT2D eigenvalue weighted by atomic mass is 10.0. The molecule has 2 unspecified atom stereocenters. The molecule has 24 heavy (non-hydrogen) atoms. The Kier molecular flexibility index (Phi) is 5.51. The second kappa shape index (κ2) is 7.23. The van der Waals surface area contributed by atoms with Gasteiger partial charge in [0.2, 0.25) is 0 Å². The number of ether oxygens (including phenoxy) is 1. The number of nitrogens with zero attached hydrogens (tertiary/aromatic N) is 3. The van der Waals surface area contributed by atoms with E-state index in [0.29, 0.717) is 24.3 Å². The molecule has 1 aliphatic heterocycles. The van der Waals surface area contributed by atoms with Gasteiger partial charge in [-0.15, -0.1) is 0 Å². The monoisotopic (exact) mass is 336 g/mol. The number of carboxylic acid groups (broad SMARTS) is 1. The van der Waals surface area contributed by atoms with Gasteiger partial charge in [0, 0.05) is 25.3 Å². The molecule has 1 saturated heterocycles. The van der Waals surface area contributed by atoms with E-state index in [-0.39, 0.29) is 18.6 Å². The van der Waals surface area contributed by atoms with Crippen molar-refractivity contribution in [2.45, 2.75) is 45.4 Å². The van der Waals surface area contributed by atoms with Crippen LogP contribution in [0.15, 0.2) is 12.5 Å². The number of nitrogens with one attached hydrogen (secondary N) is 1. The first-order valence-electron chi connectivity index (χ1n) is 7.88. The molecule has 1 aromatic heterocycles. The number of rotatable bonds is 5. The molecule has 2 atom stereocenters. The molecule has 0 bridgehead atoms. The summed E-state index contributed by atoms with van der Waals surface area (Å²) in [6, 6.07) is -0.938. The number of morpholine rings is 1.